The number of aliphatic hydroxyl groups excluding tert-OH is 1. The number of carbonyl (C=O) groups excluding carboxylic acids is 1. The van der Waals surface area contributed by atoms with Gasteiger partial charge in [0, 0.05) is 0 Å². The molecule has 22 heavy (non-hydrogen) atoms. The van der Waals surface area contributed by atoms with E-state index in [1.165, 1.54) is 0 Å². The Balaban J connectivity index is -0.0000000401. The third-order valence-electron chi connectivity index (χ3n) is 1.90. The van der Waals surface area contributed by atoms with E-state index in [9.17, 15) is 19.2 Å². The summed E-state index contributed by atoms with van der Waals surface area (Å²) in [5.41, 5.74) is -2.74. The molecular weight excluding hydrogens is 361 g/mol. The summed E-state index contributed by atoms with van der Waals surface area (Å²) < 4.78 is 4.33. The maximum atomic E-state index is 11.1. The van der Waals surface area contributed by atoms with E-state index >= 15 is 0 Å². The minimum absolute atomic E-state index is 0. The van der Waals surface area contributed by atoms with Crippen LogP contribution in [0.5, 0.6) is 0 Å². The minimum Gasteiger partial charge on any atom is -1.00 e. The van der Waals surface area contributed by atoms with Crippen LogP contribution in [0.15, 0.2) is 0 Å². The minimum atomic E-state index is -2.74. The topological polar surface area (TPSA) is 158 Å². The summed E-state index contributed by atoms with van der Waals surface area (Å²) in [5, 5.41) is 34.8. The number of aliphatic carboxylic acids is 3. The fraction of sp³-hybridized carbons (Fsp3) is 0.556. The van der Waals surface area contributed by atoms with Crippen molar-refractivity contribution in [3.8, 4) is 0 Å². The quantitative estimate of drug-likeness (QED) is 0.249. The zero-order valence-corrected chi connectivity index (χ0v) is 21.2. The van der Waals surface area contributed by atoms with Crippen LogP contribution in [0.1, 0.15) is 26.9 Å². The van der Waals surface area contributed by atoms with Crippen molar-refractivity contribution >= 4 is 61.6 Å². The SMILES string of the molecule is CC(O)C(=O)OC(CC(=O)O)(CC(=O)O)C(=O)O.[Ca+2].[H-].[H-].[H-].[H-].[H-].[Na+].[Na+].[Na+]. The molecule has 0 heterocycles. The number of rotatable bonds is 7. The second kappa shape index (κ2) is 16.6. The van der Waals surface area contributed by atoms with Crippen LogP contribution in [-0.4, -0.2) is 93.7 Å². The van der Waals surface area contributed by atoms with E-state index in [4.69, 9.17) is 20.4 Å². The number of carboxylic acid groups (broad SMARTS) is 3. The van der Waals surface area contributed by atoms with Crippen LogP contribution < -0.4 is 88.7 Å². The largest absolute Gasteiger partial charge is 2.00 e. The van der Waals surface area contributed by atoms with Gasteiger partial charge in [0.1, 0.15) is 6.10 Å². The number of carbonyl (C=O) groups is 4. The molecule has 0 saturated carbocycles. The fourth-order valence-electron chi connectivity index (χ4n) is 1.10. The van der Waals surface area contributed by atoms with Gasteiger partial charge in [-0.1, -0.05) is 0 Å². The van der Waals surface area contributed by atoms with Gasteiger partial charge in [-0.3, -0.25) is 9.59 Å². The molecular formula is C9H17CaNa3O9. The number of aliphatic hydroxyl groups is 1. The van der Waals surface area contributed by atoms with Crippen molar-refractivity contribution in [3.63, 3.8) is 0 Å². The molecule has 0 rings (SSSR count). The average Bonchev–Trinajstić information content (AvgIpc) is 2.14. The van der Waals surface area contributed by atoms with Crippen molar-refractivity contribution in [3.05, 3.63) is 0 Å². The third kappa shape index (κ3) is 13.4. The monoisotopic (exact) mass is 378 g/mol. The zero-order valence-electron chi connectivity index (χ0n) is 18.0. The fourth-order valence-corrected chi connectivity index (χ4v) is 1.10. The van der Waals surface area contributed by atoms with Crippen molar-refractivity contribution in [1.29, 1.82) is 0 Å². The molecule has 0 aromatic heterocycles. The Labute approximate surface area is 229 Å². The van der Waals surface area contributed by atoms with E-state index in [2.05, 4.69) is 4.74 Å². The maximum absolute atomic E-state index is 11.1. The Morgan fingerprint density at radius 1 is 1.00 bits per heavy atom. The molecule has 0 saturated heterocycles. The molecule has 1 atom stereocenters. The maximum Gasteiger partial charge on any atom is 2.00 e. The summed E-state index contributed by atoms with van der Waals surface area (Å²) in [4.78, 5) is 43.2. The smallest absolute Gasteiger partial charge is 1.00 e. The van der Waals surface area contributed by atoms with Gasteiger partial charge in [0.15, 0.2) is 0 Å². The van der Waals surface area contributed by atoms with Crippen LogP contribution in [0.4, 0.5) is 0 Å². The standard InChI is InChI=1S/C9H12O9.Ca.3Na.5H/c1-4(10)7(15)18-9(8(16)17,2-5(11)12)3-6(13)14;;;;;;;;;/h4,10H,2-3H2,1H3,(H,11,12)(H,13,14)(H,16,17);;;;;;;;;/q;+2;3*+1;5*-1. The number of esters is 1. The Kier molecular flexibility index (Phi) is 26.5. The second-order valence-corrected chi connectivity index (χ2v) is 3.54. The van der Waals surface area contributed by atoms with Gasteiger partial charge in [0.25, 0.3) is 0 Å². The van der Waals surface area contributed by atoms with Gasteiger partial charge in [0.05, 0.1) is 12.8 Å². The van der Waals surface area contributed by atoms with Gasteiger partial charge < -0.3 is 32.3 Å². The molecule has 1 unspecified atom stereocenters. The average molecular weight is 378 g/mol. The van der Waals surface area contributed by atoms with Crippen LogP contribution in [-0.2, 0) is 23.9 Å². The Bertz CT molecular complexity index is 391. The molecule has 0 aliphatic carbocycles. The van der Waals surface area contributed by atoms with Gasteiger partial charge in [-0.05, 0) is 6.92 Å². The first kappa shape index (κ1) is 35.3. The van der Waals surface area contributed by atoms with Crippen LogP contribution in [0.2, 0.25) is 0 Å². The summed E-state index contributed by atoms with van der Waals surface area (Å²) in [6, 6.07) is 0. The zero-order chi connectivity index (χ0) is 14.5. The molecule has 0 bridgehead atoms. The molecule has 0 aromatic rings. The molecule has 0 amide bonds. The molecule has 0 fully saturated rings. The van der Waals surface area contributed by atoms with E-state index in [0.29, 0.717) is 0 Å². The predicted octanol–water partition coefficient (Wildman–Crippen LogP) is -10.1. The van der Waals surface area contributed by atoms with Crippen molar-refractivity contribution < 1.29 is 140 Å². The molecule has 0 radical (unpaired) electrons. The van der Waals surface area contributed by atoms with Crippen LogP contribution >= 0.6 is 0 Å². The summed E-state index contributed by atoms with van der Waals surface area (Å²) in [6.45, 7) is 0.969. The molecule has 0 spiro atoms. The number of ether oxygens (including phenoxy) is 1. The predicted molar refractivity (Wildman–Crippen MR) is 64.0 cm³/mol. The molecule has 13 heteroatoms. The van der Waals surface area contributed by atoms with Crippen molar-refractivity contribution in [2.45, 2.75) is 31.5 Å². The Morgan fingerprint density at radius 2 is 1.32 bits per heavy atom. The Morgan fingerprint density at radius 3 is 1.50 bits per heavy atom. The summed E-state index contributed by atoms with van der Waals surface area (Å²) >= 11 is 0. The van der Waals surface area contributed by atoms with Gasteiger partial charge >= 0.3 is 150 Å². The van der Waals surface area contributed by atoms with Crippen LogP contribution in [0.25, 0.3) is 0 Å². The number of hydrogen-bond donors (Lipinski definition) is 4. The summed E-state index contributed by atoms with van der Waals surface area (Å²) in [7, 11) is 0. The third-order valence-corrected chi connectivity index (χ3v) is 1.90. The van der Waals surface area contributed by atoms with E-state index in [1.807, 2.05) is 0 Å². The Hall–Kier alpha value is 2.10. The van der Waals surface area contributed by atoms with Crippen LogP contribution in [0.3, 0.4) is 0 Å². The first-order valence-corrected chi connectivity index (χ1v) is 4.68. The summed E-state index contributed by atoms with van der Waals surface area (Å²) in [6.07, 6.45) is -4.16. The van der Waals surface area contributed by atoms with E-state index in [-0.39, 0.29) is 134 Å². The molecule has 0 aliphatic rings. The number of carboxylic acids is 3. The number of hydrogen-bond acceptors (Lipinski definition) is 6. The second-order valence-electron chi connectivity index (χ2n) is 3.54. The van der Waals surface area contributed by atoms with Crippen LogP contribution in [0, 0.1) is 0 Å². The first-order chi connectivity index (χ1) is 8.10. The normalized spacial score (nSPS) is 10.3. The summed E-state index contributed by atoms with van der Waals surface area (Å²) in [5.74, 6) is -6.64. The molecule has 4 N–H and O–H groups in total. The van der Waals surface area contributed by atoms with Gasteiger partial charge in [-0.15, -0.1) is 0 Å². The molecule has 112 valence electrons. The molecule has 0 aromatic carbocycles. The first-order valence-electron chi connectivity index (χ1n) is 4.68. The van der Waals surface area contributed by atoms with Gasteiger partial charge in [0.2, 0.25) is 5.60 Å². The van der Waals surface area contributed by atoms with Gasteiger partial charge in [-0.25, -0.2) is 9.59 Å². The van der Waals surface area contributed by atoms with Gasteiger partial charge in [-0.2, -0.15) is 0 Å². The van der Waals surface area contributed by atoms with Crippen molar-refractivity contribution in [1.82, 2.24) is 0 Å². The van der Waals surface area contributed by atoms with Crippen molar-refractivity contribution in [2.24, 2.45) is 0 Å². The molecule has 9 nitrogen and oxygen atoms in total. The van der Waals surface area contributed by atoms with E-state index in [1.54, 1.807) is 0 Å². The van der Waals surface area contributed by atoms with E-state index < -0.39 is 48.4 Å². The van der Waals surface area contributed by atoms with E-state index in [0.717, 1.165) is 6.92 Å². The van der Waals surface area contributed by atoms with Crippen molar-refractivity contribution in [2.75, 3.05) is 0 Å². The molecule has 0 aliphatic heterocycles.